The number of nitrogens with two attached hydrogens (primary N) is 1. The van der Waals surface area contributed by atoms with Crippen LogP contribution in [0.15, 0.2) is 42.6 Å². The molecule has 1 fully saturated rings. The van der Waals surface area contributed by atoms with Crippen LogP contribution in [-0.2, 0) is 4.79 Å². The van der Waals surface area contributed by atoms with Crippen LogP contribution in [0.3, 0.4) is 0 Å². The molecule has 4 N–H and O–H groups in total. The molecule has 0 radical (unpaired) electrons. The zero-order valence-electron chi connectivity index (χ0n) is 16.7. The van der Waals surface area contributed by atoms with Gasteiger partial charge in [-0.25, -0.2) is 4.39 Å². The molecule has 1 aliphatic rings. The molecule has 0 bridgehead atoms. The Labute approximate surface area is 170 Å². The van der Waals surface area contributed by atoms with Crippen LogP contribution < -0.4 is 16.4 Å². The number of halogens is 1. The maximum atomic E-state index is 13.4. The number of hydrogen-bond donors (Lipinski definition) is 3. The zero-order chi connectivity index (χ0) is 21.0. The van der Waals surface area contributed by atoms with E-state index in [1.54, 1.807) is 38.1 Å². The molecule has 6 nitrogen and oxygen atoms in total. The van der Waals surface area contributed by atoms with Gasteiger partial charge in [0.05, 0.1) is 16.8 Å². The van der Waals surface area contributed by atoms with E-state index in [1.165, 1.54) is 18.3 Å². The molecular weight excluding hydrogens is 371 g/mol. The van der Waals surface area contributed by atoms with Crippen LogP contribution in [0.4, 0.5) is 4.39 Å². The number of hydrogen-bond acceptors (Lipinski definition) is 4. The Balaban J connectivity index is 1.52. The number of benzene rings is 1. The van der Waals surface area contributed by atoms with Crippen molar-refractivity contribution >= 4 is 11.8 Å². The molecule has 0 saturated heterocycles. The molecule has 0 aliphatic heterocycles. The van der Waals surface area contributed by atoms with Crippen molar-refractivity contribution in [1.29, 1.82) is 0 Å². The Kier molecular flexibility index (Phi) is 6.27. The van der Waals surface area contributed by atoms with E-state index in [4.69, 9.17) is 5.73 Å². The molecule has 1 saturated carbocycles. The average Bonchev–Trinajstić information content (AvgIpc) is 2.69. The number of aromatic nitrogens is 1. The average molecular weight is 398 g/mol. The molecule has 29 heavy (non-hydrogen) atoms. The lowest BCUT2D eigenvalue weighted by Crippen LogP contribution is -2.53. The topological polar surface area (TPSA) is 97.1 Å². The van der Waals surface area contributed by atoms with Crippen molar-refractivity contribution in [3.05, 3.63) is 54.0 Å². The van der Waals surface area contributed by atoms with Crippen molar-refractivity contribution in [2.75, 3.05) is 0 Å². The molecule has 1 aromatic carbocycles. The van der Waals surface area contributed by atoms with E-state index in [9.17, 15) is 14.0 Å². The van der Waals surface area contributed by atoms with Gasteiger partial charge in [0.1, 0.15) is 5.82 Å². The Morgan fingerprint density at radius 2 is 1.72 bits per heavy atom. The first-order valence-corrected chi connectivity index (χ1v) is 9.85. The normalized spacial score (nSPS) is 19.4. The van der Waals surface area contributed by atoms with Gasteiger partial charge < -0.3 is 16.4 Å². The Morgan fingerprint density at radius 3 is 2.28 bits per heavy atom. The molecule has 0 spiro atoms. The summed E-state index contributed by atoms with van der Waals surface area (Å²) in [6.07, 6.45) is 4.67. The van der Waals surface area contributed by atoms with Crippen molar-refractivity contribution in [2.45, 2.75) is 57.2 Å². The van der Waals surface area contributed by atoms with Gasteiger partial charge >= 0.3 is 0 Å². The number of rotatable bonds is 5. The second-order valence-electron chi connectivity index (χ2n) is 8.16. The molecule has 2 amide bonds. The SMILES string of the molecule is CC(C)(N)C(=O)N[C@H]1CC[C@H](NC(=O)c2ccc(-c3cccc(F)c3)nc2)CC1. The van der Waals surface area contributed by atoms with Crippen molar-refractivity contribution in [3.8, 4) is 11.3 Å². The maximum Gasteiger partial charge on any atom is 0.253 e. The largest absolute Gasteiger partial charge is 0.352 e. The Bertz CT molecular complexity index is 869. The zero-order valence-corrected chi connectivity index (χ0v) is 16.7. The van der Waals surface area contributed by atoms with Gasteiger partial charge in [-0.2, -0.15) is 0 Å². The molecule has 0 unspecified atom stereocenters. The predicted molar refractivity (Wildman–Crippen MR) is 110 cm³/mol. The maximum absolute atomic E-state index is 13.4. The van der Waals surface area contributed by atoms with Crippen molar-refractivity contribution in [3.63, 3.8) is 0 Å². The van der Waals surface area contributed by atoms with E-state index in [-0.39, 0.29) is 29.7 Å². The predicted octanol–water partition coefficient (Wildman–Crippen LogP) is 2.78. The molecule has 3 rings (SSSR count). The quantitative estimate of drug-likeness (QED) is 0.721. The number of nitrogens with one attached hydrogen (secondary N) is 2. The number of pyridine rings is 1. The van der Waals surface area contributed by atoms with E-state index in [0.717, 1.165) is 25.7 Å². The Hall–Kier alpha value is -2.80. The van der Waals surface area contributed by atoms with Gasteiger partial charge in [0.2, 0.25) is 5.91 Å². The van der Waals surface area contributed by atoms with Gasteiger partial charge in [0.25, 0.3) is 5.91 Å². The lowest BCUT2D eigenvalue weighted by atomic mass is 9.90. The summed E-state index contributed by atoms with van der Waals surface area (Å²) >= 11 is 0. The lowest BCUT2D eigenvalue weighted by molar-refractivity contribution is -0.126. The number of carbonyl (C=O) groups is 2. The van der Waals surface area contributed by atoms with Gasteiger partial charge in [-0.3, -0.25) is 14.6 Å². The summed E-state index contributed by atoms with van der Waals surface area (Å²) in [6, 6.07) is 9.74. The molecule has 1 aliphatic carbocycles. The summed E-state index contributed by atoms with van der Waals surface area (Å²) in [5.41, 5.74) is 6.66. The Morgan fingerprint density at radius 1 is 1.07 bits per heavy atom. The molecule has 1 aromatic heterocycles. The molecular formula is C22H27FN4O2. The highest BCUT2D eigenvalue weighted by Gasteiger charge is 2.28. The summed E-state index contributed by atoms with van der Waals surface area (Å²) < 4.78 is 13.4. The third-order valence-electron chi connectivity index (χ3n) is 5.13. The van der Waals surface area contributed by atoms with Gasteiger partial charge in [-0.05, 0) is 63.8 Å². The third-order valence-corrected chi connectivity index (χ3v) is 5.13. The fourth-order valence-electron chi connectivity index (χ4n) is 3.37. The third kappa shape index (κ3) is 5.60. The van der Waals surface area contributed by atoms with Gasteiger partial charge in [0, 0.05) is 23.8 Å². The summed E-state index contributed by atoms with van der Waals surface area (Å²) in [7, 11) is 0. The smallest absolute Gasteiger partial charge is 0.253 e. The van der Waals surface area contributed by atoms with E-state index in [0.29, 0.717) is 16.8 Å². The standard InChI is InChI=1S/C22H27FN4O2/c1-22(2,24)21(29)27-18-9-7-17(8-10-18)26-20(28)15-6-11-19(25-13-15)14-4-3-5-16(23)12-14/h3-6,11-13,17-18H,7-10,24H2,1-2H3,(H,26,28)(H,27,29)/t17-,18-. The summed E-state index contributed by atoms with van der Waals surface area (Å²) in [6.45, 7) is 3.36. The van der Waals surface area contributed by atoms with Crippen molar-refractivity contribution in [1.82, 2.24) is 15.6 Å². The minimum absolute atomic E-state index is 0.0597. The fourth-order valence-corrected chi connectivity index (χ4v) is 3.37. The van der Waals surface area contributed by atoms with E-state index in [1.807, 2.05) is 0 Å². The molecule has 2 aromatic rings. The molecule has 1 heterocycles. The van der Waals surface area contributed by atoms with Crippen molar-refractivity contribution < 1.29 is 14.0 Å². The highest BCUT2D eigenvalue weighted by Crippen LogP contribution is 2.21. The first-order valence-electron chi connectivity index (χ1n) is 9.85. The fraction of sp³-hybridized carbons (Fsp3) is 0.409. The highest BCUT2D eigenvalue weighted by atomic mass is 19.1. The van der Waals surface area contributed by atoms with Crippen LogP contribution in [0.1, 0.15) is 49.9 Å². The first kappa shape index (κ1) is 20.9. The van der Waals surface area contributed by atoms with Crippen LogP contribution in [0.5, 0.6) is 0 Å². The monoisotopic (exact) mass is 398 g/mol. The van der Waals surface area contributed by atoms with Gasteiger partial charge in [-0.1, -0.05) is 12.1 Å². The summed E-state index contributed by atoms with van der Waals surface area (Å²) in [5.74, 6) is -0.666. The highest BCUT2D eigenvalue weighted by molar-refractivity contribution is 5.94. The summed E-state index contributed by atoms with van der Waals surface area (Å²) in [5, 5.41) is 6.01. The first-order chi connectivity index (χ1) is 13.7. The minimum Gasteiger partial charge on any atom is -0.352 e. The van der Waals surface area contributed by atoms with Gasteiger partial charge in [-0.15, -0.1) is 0 Å². The van der Waals surface area contributed by atoms with Gasteiger partial charge in [0.15, 0.2) is 0 Å². The van der Waals surface area contributed by atoms with Crippen LogP contribution in [0, 0.1) is 5.82 Å². The summed E-state index contributed by atoms with van der Waals surface area (Å²) in [4.78, 5) is 28.8. The number of amides is 2. The van der Waals surface area contributed by atoms with Crippen LogP contribution in [0.2, 0.25) is 0 Å². The molecule has 7 heteroatoms. The second-order valence-corrected chi connectivity index (χ2v) is 8.16. The minimum atomic E-state index is -0.893. The lowest BCUT2D eigenvalue weighted by Gasteiger charge is -2.31. The van der Waals surface area contributed by atoms with Crippen molar-refractivity contribution in [2.24, 2.45) is 5.73 Å². The van der Waals surface area contributed by atoms with Crippen LogP contribution >= 0.6 is 0 Å². The van der Waals surface area contributed by atoms with E-state index < -0.39 is 5.54 Å². The number of nitrogens with zero attached hydrogens (tertiary/aromatic N) is 1. The number of carbonyl (C=O) groups excluding carboxylic acids is 2. The van der Waals surface area contributed by atoms with Crippen LogP contribution in [0.25, 0.3) is 11.3 Å². The van der Waals surface area contributed by atoms with E-state index in [2.05, 4.69) is 15.6 Å². The van der Waals surface area contributed by atoms with Crippen LogP contribution in [-0.4, -0.2) is 34.4 Å². The molecule has 154 valence electrons. The molecule has 0 atom stereocenters. The second kappa shape index (κ2) is 8.69. The van der Waals surface area contributed by atoms with E-state index >= 15 is 0 Å².